The smallest absolute Gasteiger partial charge is 0.267 e. The summed E-state index contributed by atoms with van der Waals surface area (Å²) in [6.45, 7) is -0.410. The molecule has 27 heavy (non-hydrogen) atoms. The summed E-state index contributed by atoms with van der Waals surface area (Å²) in [5.41, 5.74) is 0. The van der Waals surface area contributed by atoms with Crippen LogP contribution in [0.5, 0.6) is 5.75 Å². The third-order valence-corrected chi connectivity index (χ3v) is 4.86. The van der Waals surface area contributed by atoms with Gasteiger partial charge in [-0.3, -0.25) is 4.79 Å². The largest absolute Gasteiger partial charge is 0.484 e. The van der Waals surface area contributed by atoms with Crippen LogP contribution in [0.3, 0.4) is 0 Å². The van der Waals surface area contributed by atoms with Gasteiger partial charge in [0, 0.05) is 13.0 Å². The third-order valence-electron chi connectivity index (χ3n) is 4.86. The monoisotopic (exact) mass is 380 g/mol. The van der Waals surface area contributed by atoms with Crippen molar-refractivity contribution in [2.24, 2.45) is 5.92 Å². The average molecular weight is 380 g/mol. The number of ether oxygens (including phenoxy) is 1. The van der Waals surface area contributed by atoms with E-state index in [0.29, 0.717) is 24.0 Å². The number of benzene rings is 1. The number of alkyl halides is 2. The number of hydrogen-bond donors (Lipinski definition) is 0. The first-order chi connectivity index (χ1) is 12.9. The zero-order chi connectivity index (χ0) is 19.0. The molecule has 0 N–H and O–H groups in total. The maximum absolute atomic E-state index is 14.1. The van der Waals surface area contributed by atoms with Crippen LogP contribution < -0.4 is 4.74 Å². The van der Waals surface area contributed by atoms with Crippen LogP contribution in [-0.2, 0) is 11.3 Å². The fourth-order valence-corrected chi connectivity index (χ4v) is 3.31. The number of aromatic nitrogens is 3. The first-order valence-corrected chi connectivity index (χ1v) is 8.85. The highest BCUT2D eigenvalue weighted by Gasteiger charge is 2.49. The Hall–Kier alpha value is -2.58. The Balaban J connectivity index is 1.48. The standard InChI is InChI=1S/C18H19F3N4O2/c19-13-3-5-14(6-4-13)27-9-16(26)25-10-18(20,21)7-15(25)17-23-22-11-24(17)8-12-1-2-12/h3-6,11-12,15H,1-2,7-10H2/t15-/m0/s1. The van der Waals surface area contributed by atoms with Crippen molar-refractivity contribution in [1.29, 1.82) is 0 Å². The molecule has 2 aliphatic rings. The van der Waals surface area contributed by atoms with E-state index in [1.54, 1.807) is 4.57 Å². The Morgan fingerprint density at radius 1 is 1.26 bits per heavy atom. The third kappa shape index (κ3) is 4.06. The maximum Gasteiger partial charge on any atom is 0.267 e. The molecule has 0 spiro atoms. The van der Waals surface area contributed by atoms with Crippen molar-refractivity contribution in [3.63, 3.8) is 0 Å². The molecular formula is C18H19F3N4O2. The molecule has 6 nitrogen and oxygen atoms in total. The second-order valence-electron chi connectivity index (χ2n) is 7.12. The van der Waals surface area contributed by atoms with Gasteiger partial charge in [-0.2, -0.15) is 0 Å². The molecule has 144 valence electrons. The minimum atomic E-state index is -2.99. The number of amides is 1. The maximum atomic E-state index is 14.1. The number of rotatable bonds is 6. The van der Waals surface area contributed by atoms with E-state index in [-0.39, 0.29) is 0 Å². The molecule has 1 aliphatic carbocycles. The van der Waals surface area contributed by atoms with Gasteiger partial charge in [0.1, 0.15) is 17.9 Å². The number of carbonyl (C=O) groups is 1. The second-order valence-corrected chi connectivity index (χ2v) is 7.12. The Bertz CT molecular complexity index is 820. The molecule has 9 heteroatoms. The summed E-state index contributed by atoms with van der Waals surface area (Å²) < 4.78 is 48.2. The Morgan fingerprint density at radius 2 is 2.00 bits per heavy atom. The Labute approximate surface area is 153 Å². The lowest BCUT2D eigenvalue weighted by molar-refractivity contribution is -0.135. The summed E-state index contributed by atoms with van der Waals surface area (Å²) in [5.74, 6) is -2.79. The molecule has 2 aromatic rings. The van der Waals surface area contributed by atoms with Crippen LogP contribution in [0.2, 0.25) is 0 Å². The summed E-state index contributed by atoms with van der Waals surface area (Å²) in [5, 5.41) is 7.86. The van der Waals surface area contributed by atoms with E-state index in [1.165, 1.54) is 30.6 Å². The summed E-state index contributed by atoms with van der Waals surface area (Å²) in [4.78, 5) is 13.7. The van der Waals surface area contributed by atoms with E-state index in [4.69, 9.17) is 4.74 Å². The zero-order valence-corrected chi connectivity index (χ0v) is 14.5. The first kappa shape index (κ1) is 17.8. The molecule has 0 bridgehead atoms. The molecule has 1 atom stereocenters. The minimum Gasteiger partial charge on any atom is -0.484 e. The second kappa shape index (κ2) is 6.86. The summed E-state index contributed by atoms with van der Waals surface area (Å²) in [6.07, 6.45) is 3.25. The molecule has 2 heterocycles. The van der Waals surface area contributed by atoms with E-state index in [2.05, 4.69) is 10.2 Å². The molecule has 1 saturated carbocycles. The van der Waals surface area contributed by atoms with Gasteiger partial charge in [0.05, 0.1) is 12.6 Å². The molecule has 1 aliphatic heterocycles. The molecule has 0 radical (unpaired) electrons. The topological polar surface area (TPSA) is 60.2 Å². The molecule has 1 saturated heterocycles. The van der Waals surface area contributed by atoms with E-state index >= 15 is 0 Å². The lowest BCUT2D eigenvalue weighted by atomic mass is 10.1. The van der Waals surface area contributed by atoms with Crippen molar-refractivity contribution in [2.45, 2.75) is 37.8 Å². The van der Waals surface area contributed by atoms with Gasteiger partial charge in [0.15, 0.2) is 12.4 Å². The van der Waals surface area contributed by atoms with Crippen molar-refractivity contribution < 1.29 is 22.7 Å². The molecule has 4 rings (SSSR count). The van der Waals surface area contributed by atoms with Crippen LogP contribution in [-0.4, -0.2) is 44.6 Å². The quantitative estimate of drug-likeness (QED) is 0.773. The molecular weight excluding hydrogens is 361 g/mol. The predicted octanol–water partition coefficient (Wildman–Crippen LogP) is 2.81. The van der Waals surface area contributed by atoms with Crippen molar-refractivity contribution in [2.75, 3.05) is 13.2 Å². The van der Waals surface area contributed by atoms with Crippen molar-refractivity contribution in [1.82, 2.24) is 19.7 Å². The molecule has 1 aromatic heterocycles. The van der Waals surface area contributed by atoms with Crippen molar-refractivity contribution in [3.05, 3.63) is 42.2 Å². The van der Waals surface area contributed by atoms with Gasteiger partial charge < -0.3 is 14.2 Å². The normalized spacial score (nSPS) is 21.4. The van der Waals surface area contributed by atoms with Gasteiger partial charge >= 0.3 is 0 Å². The van der Waals surface area contributed by atoms with Gasteiger partial charge in [-0.1, -0.05) is 0 Å². The van der Waals surface area contributed by atoms with Crippen molar-refractivity contribution in [3.8, 4) is 5.75 Å². The van der Waals surface area contributed by atoms with E-state index in [1.807, 2.05) is 0 Å². The highest BCUT2D eigenvalue weighted by molar-refractivity contribution is 5.78. The van der Waals surface area contributed by atoms with Crippen LogP contribution in [0.1, 0.15) is 31.1 Å². The number of likely N-dealkylation sites (tertiary alicyclic amines) is 1. The van der Waals surface area contributed by atoms with Crippen LogP contribution in [0, 0.1) is 11.7 Å². The Morgan fingerprint density at radius 3 is 2.70 bits per heavy atom. The van der Waals surface area contributed by atoms with Gasteiger partial charge in [0.2, 0.25) is 0 Å². The fraction of sp³-hybridized carbons (Fsp3) is 0.500. The SMILES string of the molecule is O=C(COc1ccc(F)cc1)N1CC(F)(F)C[C@H]1c1nncn1CC1CC1. The van der Waals surface area contributed by atoms with Gasteiger partial charge in [0.25, 0.3) is 11.8 Å². The van der Waals surface area contributed by atoms with Gasteiger partial charge in [-0.15, -0.1) is 10.2 Å². The summed E-state index contributed by atoms with van der Waals surface area (Å²) >= 11 is 0. The molecule has 0 unspecified atom stereocenters. The van der Waals surface area contributed by atoms with E-state index in [0.717, 1.165) is 17.7 Å². The first-order valence-electron chi connectivity index (χ1n) is 8.85. The highest BCUT2D eigenvalue weighted by Crippen LogP contribution is 2.41. The predicted molar refractivity (Wildman–Crippen MR) is 88.7 cm³/mol. The number of hydrogen-bond acceptors (Lipinski definition) is 4. The summed E-state index contributed by atoms with van der Waals surface area (Å²) in [7, 11) is 0. The molecule has 2 fully saturated rings. The van der Waals surface area contributed by atoms with E-state index in [9.17, 15) is 18.0 Å². The molecule has 1 aromatic carbocycles. The van der Waals surface area contributed by atoms with Gasteiger partial charge in [-0.05, 0) is 43.0 Å². The van der Waals surface area contributed by atoms with Crippen LogP contribution in [0.4, 0.5) is 13.2 Å². The number of nitrogens with zero attached hydrogens (tertiary/aromatic N) is 4. The minimum absolute atomic E-state index is 0.296. The van der Waals surface area contributed by atoms with Crippen LogP contribution in [0.25, 0.3) is 0 Å². The fourth-order valence-electron chi connectivity index (χ4n) is 3.31. The Kier molecular flexibility index (Phi) is 4.53. The lowest BCUT2D eigenvalue weighted by Gasteiger charge is -2.23. The van der Waals surface area contributed by atoms with Crippen LogP contribution >= 0.6 is 0 Å². The number of carbonyl (C=O) groups excluding carboxylic acids is 1. The average Bonchev–Trinajstić information content (AvgIpc) is 3.22. The molecule has 1 amide bonds. The van der Waals surface area contributed by atoms with Crippen LogP contribution in [0.15, 0.2) is 30.6 Å². The van der Waals surface area contributed by atoms with E-state index < -0.39 is 43.3 Å². The highest BCUT2D eigenvalue weighted by atomic mass is 19.3. The number of halogens is 3. The lowest BCUT2D eigenvalue weighted by Crippen LogP contribution is -2.37. The summed E-state index contributed by atoms with van der Waals surface area (Å²) in [6, 6.07) is 4.32. The zero-order valence-electron chi connectivity index (χ0n) is 14.5. The van der Waals surface area contributed by atoms with Crippen molar-refractivity contribution >= 4 is 5.91 Å². The van der Waals surface area contributed by atoms with Gasteiger partial charge in [-0.25, -0.2) is 13.2 Å².